The average molecular weight is 418 g/mol. The molecule has 0 aliphatic rings. The van der Waals surface area contributed by atoms with Gasteiger partial charge in [-0.05, 0) is 41.5 Å². The van der Waals surface area contributed by atoms with E-state index in [0.717, 1.165) is 15.0 Å². The number of thiophene rings is 1. The van der Waals surface area contributed by atoms with Crippen molar-refractivity contribution in [2.45, 2.75) is 6.54 Å². The summed E-state index contributed by atoms with van der Waals surface area (Å²) in [5.74, 6) is 0. The van der Waals surface area contributed by atoms with Gasteiger partial charge in [-0.1, -0.05) is 58.4 Å². The molecule has 2 aromatic heterocycles. The van der Waals surface area contributed by atoms with Gasteiger partial charge in [0.25, 0.3) is 0 Å². The van der Waals surface area contributed by atoms with E-state index in [-0.39, 0.29) is 0 Å². The van der Waals surface area contributed by atoms with E-state index in [4.69, 9.17) is 12.2 Å². The molecule has 4 aromatic rings. The maximum absolute atomic E-state index is 5.56. The highest BCUT2D eigenvalue weighted by Gasteiger charge is 2.11. The molecule has 2 aromatic carbocycles. The molecule has 0 radical (unpaired) electrons. The zero-order chi connectivity index (χ0) is 15.8. The fourth-order valence-corrected chi connectivity index (χ4v) is 5.54. The van der Waals surface area contributed by atoms with Crippen LogP contribution in [-0.4, -0.2) is 4.57 Å². The number of hydrogen-bond donors (Lipinski definition) is 0. The fourth-order valence-electron chi connectivity index (χ4n) is 2.52. The van der Waals surface area contributed by atoms with E-state index in [1.165, 1.54) is 25.5 Å². The number of nitrogens with zero attached hydrogens (tertiary/aromatic N) is 1. The van der Waals surface area contributed by atoms with Crippen LogP contribution < -0.4 is 0 Å². The molecule has 5 heteroatoms. The van der Waals surface area contributed by atoms with Gasteiger partial charge in [-0.25, -0.2) is 0 Å². The minimum atomic E-state index is 0.833. The van der Waals surface area contributed by atoms with Crippen LogP contribution in [-0.2, 0) is 6.54 Å². The Hall–Kier alpha value is -1.27. The minimum Gasteiger partial charge on any atom is -0.310 e. The molecule has 0 saturated carbocycles. The van der Waals surface area contributed by atoms with Crippen molar-refractivity contribution in [2.75, 3.05) is 0 Å². The van der Waals surface area contributed by atoms with Crippen molar-refractivity contribution in [3.8, 4) is 10.4 Å². The molecule has 0 saturated heterocycles. The Kier molecular flexibility index (Phi) is 4.20. The highest BCUT2D eigenvalue weighted by molar-refractivity contribution is 9.10. The number of hydrogen-bond acceptors (Lipinski definition) is 3. The van der Waals surface area contributed by atoms with Crippen LogP contribution >= 0.6 is 50.8 Å². The second-order valence-corrected chi connectivity index (χ2v) is 8.85. The second-order valence-electron chi connectivity index (χ2n) is 5.23. The van der Waals surface area contributed by atoms with Gasteiger partial charge in [0.1, 0.15) is 4.83 Å². The Balaban J connectivity index is 1.78. The molecule has 0 atom stereocenters. The standard InChI is InChI=1S/C18H12BrNS3/c19-14-8-6-13(7-9-14)15-10-16-17(22-15)20(18(21)23-16)11-12-4-2-1-3-5-12/h1-10H,11H2. The summed E-state index contributed by atoms with van der Waals surface area (Å²) in [6, 6.07) is 21.2. The monoisotopic (exact) mass is 417 g/mol. The van der Waals surface area contributed by atoms with Crippen LogP contribution in [0.2, 0.25) is 0 Å². The van der Waals surface area contributed by atoms with E-state index in [2.05, 4.69) is 75.1 Å². The van der Waals surface area contributed by atoms with Crippen molar-refractivity contribution in [2.24, 2.45) is 0 Å². The SMILES string of the molecule is S=c1sc2cc(-c3ccc(Br)cc3)sc2n1Cc1ccccc1. The van der Waals surface area contributed by atoms with E-state index in [9.17, 15) is 0 Å². The average Bonchev–Trinajstić information content (AvgIpc) is 3.08. The molecule has 114 valence electrons. The third-order valence-electron chi connectivity index (χ3n) is 3.65. The van der Waals surface area contributed by atoms with Gasteiger partial charge in [0, 0.05) is 9.35 Å². The molecule has 0 aliphatic heterocycles. The van der Waals surface area contributed by atoms with Gasteiger partial charge in [0.15, 0.2) is 3.95 Å². The van der Waals surface area contributed by atoms with E-state index < -0.39 is 0 Å². The number of rotatable bonds is 3. The summed E-state index contributed by atoms with van der Waals surface area (Å²) < 4.78 is 5.57. The molecule has 0 unspecified atom stereocenters. The molecule has 0 amide bonds. The highest BCUT2D eigenvalue weighted by Crippen LogP contribution is 2.37. The van der Waals surface area contributed by atoms with Crippen molar-refractivity contribution in [1.82, 2.24) is 4.57 Å². The Morgan fingerprint density at radius 1 is 0.957 bits per heavy atom. The summed E-state index contributed by atoms with van der Waals surface area (Å²) in [5.41, 5.74) is 2.53. The molecule has 0 bridgehead atoms. The van der Waals surface area contributed by atoms with Crippen molar-refractivity contribution in [1.29, 1.82) is 0 Å². The molecule has 0 aliphatic carbocycles. The summed E-state index contributed by atoms with van der Waals surface area (Å²) in [7, 11) is 0. The van der Waals surface area contributed by atoms with Crippen LogP contribution in [0.25, 0.3) is 20.0 Å². The summed E-state index contributed by atoms with van der Waals surface area (Å²) >= 11 is 12.6. The van der Waals surface area contributed by atoms with Gasteiger partial charge in [0.05, 0.1) is 11.2 Å². The zero-order valence-electron chi connectivity index (χ0n) is 12.0. The van der Waals surface area contributed by atoms with Gasteiger partial charge >= 0.3 is 0 Å². The van der Waals surface area contributed by atoms with Gasteiger partial charge in [-0.3, -0.25) is 0 Å². The van der Waals surface area contributed by atoms with Gasteiger partial charge in [-0.15, -0.1) is 22.7 Å². The van der Waals surface area contributed by atoms with Crippen LogP contribution in [0.1, 0.15) is 5.56 Å². The van der Waals surface area contributed by atoms with Crippen molar-refractivity contribution < 1.29 is 0 Å². The van der Waals surface area contributed by atoms with Crippen molar-refractivity contribution >= 4 is 60.4 Å². The van der Waals surface area contributed by atoms with Crippen LogP contribution in [0.4, 0.5) is 0 Å². The fraction of sp³-hybridized carbons (Fsp3) is 0.0556. The van der Waals surface area contributed by atoms with Gasteiger partial charge in [-0.2, -0.15) is 0 Å². The molecule has 0 spiro atoms. The van der Waals surface area contributed by atoms with Crippen LogP contribution in [0.3, 0.4) is 0 Å². The third-order valence-corrected chi connectivity index (χ3v) is 6.92. The number of aromatic nitrogens is 1. The van der Waals surface area contributed by atoms with E-state index in [1.807, 2.05) is 17.4 Å². The number of fused-ring (bicyclic) bond motifs is 1. The normalized spacial score (nSPS) is 11.2. The molecule has 23 heavy (non-hydrogen) atoms. The summed E-state index contributed by atoms with van der Waals surface area (Å²) in [5, 5.41) is 0. The summed E-state index contributed by atoms with van der Waals surface area (Å²) in [6.45, 7) is 0.833. The smallest absolute Gasteiger partial charge is 0.163 e. The number of halogens is 1. The van der Waals surface area contributed by atoms with Gasteiger partial charge < -0.3 is 4.57 Å². The Bertz CT molecular complexity index is 1010. The molecule has 2 heterocycles. The van der Waals surface area contributed by atoms with Crippen LogP contribution in [0.5, 0.6) is 0 Å². The second kappa shape index (κ2) is 6.32. The first kappa shape index (κ1) is 15.3. The maximum atomic E-state index is 5.56. The summed E-state index contributed by atoms with van der Waals surface area (Å²) in [4.78, 5) is 2.55. The first-order valence-corrected chi connectivity index (χ1v) is 9.97. The quantitative estimate of drug-likeness (QED) is 0.325. The Morgan fingerprint density at radius 3 is 2.43 bits per heavy atom. The van der Waals surface area contributed by atoms with Crippen molar-refractivity contribution in [3.63, 3.8) is 0 Å². The number of thiazole rings is 1. The Labute approximate surface area is 156 Å². The van der Waals surface area contributed by atoms with E-state index in [1.54, 1.807) is 11.3 Å². The van der Waals surface area contributed by atoms with E-state index >= 15 is 0 Å². The predicted octanol–water partition coefficient (Wildman–Crippen LogP) is 6.97. The predicted molar refractivity (Wildman–Crippen MR) is 107 cm³/mol. The lowest BCUT2D eigenvalue weighted by Crippen LogP contribution is -1.97. The van der Waals surface area contributed by atoms with E-state index in [0.29, 0.717) is 0 Å². The topological polar surface area (TPSA) is 4.93 Å². The van der Waals surface area contributed by atoms with Crippen LogP contribution in [0.15, 0.2) is 65.1 Å². The molecule has 0 fully saturated rings. The van der Waals surface area contributed by atoms with Gasteiger partial charge in [0.2, 0.25) is 0 Å². The first-order chi connectivity index (χ1) is 11.2. The lowest BCUT2D eigenvalue weighted by atomic mass is 10.2. The lowest BCUT2D eigenvalue weighted by molar-refractivity contribution is 0.839. The summed E-state index contributed by atoms with van der Waals surface area (Å²) in [6.07, 6.45) is 0. The zero-order valence-corrected chi connectivity index (χ0v) is 16.1. The molecule has 4 rings (SSSR count). The lowest BCUT2D eigenvalue weighted by Gasteiger charge is -2.03. The maximum Gasteiger partial charge on any atom is 0.163 e. The van der Waals surface area contributed by atoms with Crippen LogP contribution in [0, 0.1) is 3.95 Å². The largest absolute Gasteiger partial charge is 0.310 e. The molecule has 1 nitrogen and oxygen atoms in total. The molecule has 0 N–H and O–H groups in total. The number of benzene rings is 2. The third kappa shape index (κ3) is 3.06. The first-order valence-electron chi connectivity index (χ1n) is 7.14. The minimum absolute atomic E-state index is 0.833. The van der Waals surface area contributed by atoms with Crippen molar-refractivity contribution in [3.05, 3.63) is 74.7 Å². The molecular weight excluding hydrogens is 406 g/mol. The Morgan fingerprint density at radius 2 is 1.70 bits per heavy atom. The molecular formula is C18H12BrNS3. The highest BCUT2D eigenvalue weighted by atomic mass is 79.9.